The molecule has 0 aliphatic carbocycles. The van der Waals surface area contributed by atoms with E-state index in [0.717, 1.165) is 0 Å². The molecule has 1 aliphatic heterocycles. The number of hydrogen-bond acceptors (Lipinski definition) is 4. The highest BCUT2D eigenvalue weighted by atomic mass is 32.2. The zero-order chi connectivity index (χ0) is 8.97. The fraction of sp³-hybridized carbons (Fsp3) is 0.500. The number of hydrogen-bond donors (Lipinski definition) is 1. The number of thioether (sulfide) groups is 1. The van der Waals surface area contributed by atoms with Crippen molar-refractivity contribution in [1.82, 2.24) is 5.32 Å². The van der Waals surface area contributed by atoms with E-state index in [1.54, 1.807) is 0 Å². The normalized spacial score (nSPS) is 19.8. The van der Waals surface area contributed by atoms with Crippen LogP contribution in [0.3, 0.4) is 0 Å². The van der Waals surface area contributed by atoms with Gasteiger partial charge in [0.2, 0.25) is 5.91 Å². The Labute approximate surface area is 73.6 Å². The number of methoxy groups -OCH3 is 1. The van der Waals surface area contributed by atoms with Gasteiger partial charge in [0.15, 0.2) is 5.17 Å². The highest BCUT2D eigenvalue weighted by Gasteiger charge is 2.17. The van der Waals surface area contributed by atoms with Crippen LogP contribution in [0.4, 0.5) is 0 Å². The molecule has 0 aromatic rings. The summed E-state index contributed by atoms with van der Waals surface area (Å²) in [6.07, 6.45) is 0. The first kappa shape index (κ1) is 9.21. The molecule has 6 heteroatoms. The zero-order valence-corrected chi connectivity index (χ0v) is 7.31. The minimum atomic E-state index is -0.387. The summed E-state index contributed by atoms with van der Waals surface area (Å²) >= 11 is 1.22. The monoisotopic (exact) mass is 188 g/mol. The molecule has 1 aliphatic rings. The summed E-state index contributed by atoms with van der Waals surface area (Å²) in [5.41, 5.74) is 0. The molecular formula is C6H8N2O3S. The van der Waals surface area contributed by atoms with Gasteiger partial charge in [-0.1, -0.05) is 11.8 Å². The van der Waals surface area contributed by atoms with Crippen molar-refractivity contribution in [2.45, 2.75) is 0 Å². The first-order chi connectivity index (χ1) is 5.72. The Bertz CT molecular complexity index is 239. The fourth-order valence-electron chi connectivity index (χ4n) is 0.655. The van der Waals surface area contributed by atoms with Crippen LogP contribution in [0.5, 0.6) is 0 Å². The lowest BCUT2D eigenvalue weighted by Gasteiger charge is -1.94. The smallest absolute Gasteiger partial charge is 0.274 e. The SMILES string of the molecule is COCC(=O)N=C1NC(=O)CS1. The van der Waals surface area contributed by atoms with Gasteiger partial charge in [0.1, 0.15) is 6.61 Å². The zero-order valence-electron chi connectivity index (χ0n) is 6.49. The topological polar surface area (TPSA) is 67.8 Å². The molecule has 2 amide bonds. The Morgan fingerprint density at radius 3 is 3.08 bits per heavy atom. The van der Waals surface area contributed by atoms with Crippen LogP contribution in [-0.4, -0.2) is 36.5 Å². The van der Waals surface area contributed by atoms with Crippen molar-refractivity contribution in [2.24, 2.45) is 4.99 Å². The van der Waals surface area contributed by atoms with E-state index in [1.165, 1.54) is 18.9 Å². The third kappa shape index (κ3) is 2.63. The summed E-state index contributed by atoms with van der Waals surface area (Å²) in [6.45, 7) is -0.0556. The highest BCUT2D eigenvalue weighted by molar-refractivity contribution is 8.15. The maximum absolute atomic E-state index is 10.8. The lowest BCUT2D eigenvalue weighted by molar-refractivity contribution is -0.121. The summed E-state index contributed by atoms with van der Waals surface area (Å²) in [7, 11) is 1.42. The molecule has 1 fully saturated rings. The molecule has 1 heterocycles. The summed E-state index contributed by atoms with van der Waals surface area (Å²) in [4.78, 5) is 25.1. The second-order valence-corrected chi connectivity index (χ2v) is 3.04. The van der Waals surface area contributed by atoms with Gasteiger partial charge < -0.3 is 10.1 Å². The lowest BCUT2D eigenvalue weighted by Crippen LogP contribution is -2.21. The van der Waals surface area contributed by atoms with Gasteiger partial charge in [-0.15, -0.1) is 0 Å². The van der Waals surface area contributed by atoms with E-state index in [9.17, 15) is 9.59 Å². The molecule has 0 atom stereocenters. The predicted octanol–water partition coefficient (Wildman–Crippen LogP) is -0.622. The molecule has 0 saturated carbocycles. The summed E-state index contributed by atoms with van der Waals surface area (Å²) < 4.78 is 4.56. The summed E-state index contributed by atoms with van der Waals surface area (Å²) in [5, 5.41) is 2.80. The van der Waals surface area contributed by atoms with Crippen LogP contribution in [0.15, 0.2) is 4.99 Å². The van der Waals surface area contributed by atoms with Gasteiger partial charge in [-0.25, -0.2) is 0 Å². The van der Waals surface area contributed by atoms with Gasteiger partial charge >= 0.3 is 0 Å². The molecule has 0 unspecified atom stereocenters. The van der Waals surface area contributed by atoms with Crippen molar-refractivity contribution in [3.05, 3.63) is 0 Å². The fourth-order valence-corrected chi connectivity index (χ4v) is 1.35. The van der Waals surface area contributed by atoms with Gasteiger partial charge in [-0.2, -0.15) is 4.99 Å². The first-order valence-corrected chi connectivity index (χ1v) is 4.24. The number of nitrogens with one attached hydrogen (secondary N) is 1. The van der Waals surface area contributed by atoms with Crippen molar-refractivity contribution >= 4 is 28.7 Å². The Morgan fingerprint density at radius 2 is 2.58 bits per heavy atom. The molecule has 1 saturated heterocycles. The molecule has 1 N–H and O–H groups in total. The minimum absolute atomic E-state index is 0.0556. The van der Waals surface area contributed by atoms with Crippen LogP contribution in [0, 0.1) is 0 Å². The third-order valence-corrected chi connectivity index (χ3v) is 1.95. The number of carbonyl (C=O) groups excluding carboxylic acids is 2. The first-order valence-electron chi connectivity index (χ1n) is 3.25. The Kier molecular flexibility index (Phi) is 3.24. The number of nitrogens with zero attached hydrogens (tertiary/aromatic N) is 1. The van der Waals surface area contributed by atoms with E-state index in [-0.39, 0.29) is 18.4 Å². The number of amidine groups is 1. The van der Waals surface area contributed by atoms with Crippen molar-refractivity contribution in [3.8, 4) is 0 Å². The number of rotatable bonds is 2. The quantitative estimate of drug-likeness (QED) is 0.627. The van der Waals surface area contributed by atoms with E-state index in [2.05, 4.69) is 15.0 Å². The second kappa shape index (κ2) is 4.22. The van der Waals surface area contributed by atoms with E-state index in [1.807, 2.05) is 0 Å². The molecular weight excluding hydrogens is 180 g/mol. The maximum atomic E-state index is 10.8. The van der Waals surface area contributed by atoms with Crippen LogP contribution >= 0.6 is 11.8 Å². The van der Waals surface area contributed by atoms with Gasteiger partial charge in [0, 0.05) is 7.11 Å². The number of carbonyl (C=O) groups is 2. The van der Waals surface area contributed by atoms with E-state index in [4.69, 9.17) is 0 Å². The summed E-state index contributed by atoms with van der Waals surface area (Å²) in [6, 6.07) is 0. The number of ether oxygens (including phenoxy) is 1. The van der Waals surface area contributed by atoms with Gasteiger partial charge in [0.25, 0.3) is 5.91 Å². The number of amides is 2. The Morgan fingerprint density at radius 1 is 1.83 bits per heavy atom. The lowest BCUT2D eigenvalue weighted by atomic mass is 10.7. The highest BCUT2D eigenvalue weighted by Crippen LogP contribution is 2.08. The van der Waals surface area contributed by atoms with Gasteiger partial charge in [-0.3, -0.25) is 9.59 Å². The summed E-state index contributed by atoms with van der Waals surface area (Å²) in [5.74, 6) is -0.176. The molecule has 66 valence electrons. The second-order valence-electron chi connectivity index (χ2n) is 2.08. The van der Waals surface area contributed by atoms with Gasteiger partial charge in [-0.05, 0) is 0 Å². The maximum Gasteiger partial charge on any atom is 0.274 e. The Hall–Kier alpha value is -0.880. The van der Waals surface area contributed by atoms with Gasteiger partial charge in [0.05, 0.1) is 5.75 Å². The van der Waals surface area contributed by atoms with Crippen LogP contribution in [0.25, 0.3) is 0 Å². The van der Waals surface area contributed by atoms with E-state index < -0.39 is 0 Å². The molecule has 0 aromatic carbocycles. The predicted molar refractivity (Wildman–Crippen MR) is 44.9 cm³/mol. The van der Waals surface area contributed by atoms with Crippen LogP contribution < -0.4 is 5.32 Å². The molecule has 1 rings (SSSR count). The van der Waals surface area contributed by atoms with Crippen LogP contribution in [0.1, 0.15) is 0 Å². The van der Waals surface area contributed by atoms with Crippen molar-refractivity contribution < 1.29 is 14.3 Å². The average molecular weight is 188 g/mol. The van der Waals surface area contributed by atoms with Crippen LogP contribution in [0.2, 0.25) is 0 Å². The molecule has 12 heavy (non-hydrogen) atoms. The molecule has 5 nitrogen and oxygen atoms in total. The number of aliphatic imine (C=N–C) groups is 1. The van der Waals surface area contributed by atoms with E-state index >= 15 is 0 Å². The van der Waals surface area contributed by atoms with Crippen molar-refractivity contribution in [2.75, 3.05) is 19.5 Å². The standard InChI is InChI=1S/C6H8N2O3S/c1-11-2-4(9)7-6-8-5(10)3-12-6/h2-3H2,1H3,(H,7,8,9,10). The molecule has 0 radical (unpaired) electrons. The minimum Gasteiger partial charge on any atom is -0.375 e. The molecule has 0 spiro atoms. The molecule has 0 aromatic heterocycles. The van der Waals surface area contributed by atoms with Crippen molar-refractivity contribution in [1.29, 1.82) is 0 Å². The van der Waals surface area contributed by atoms with Crippen molar-refractivity contribution in [3.63, 3.8) is 0 Å². The van der Waals surface area contributed by atoms with E-state index in [0.29, 0.717) is 10.9 Å². The Balaban J connectivity index is 2.46. The average Bonchev–Trinajstić information content (AvgIpc) is 2.36. The molecule has 0 bridgehead atoms. The third-order valence-electron chi connectivity index (χ3n) is 1.08. The largest absolute Gasteiger partial charge is 0.375 e. The van der Waals surface area contributed by atoms with Crippen LogP contribution in [-0.2, 0) is 14.3 Å².